The van der Waals surface area contributed by atoms with Gasteiger partial charge in [-0.1, -0.05) is 6.07 Å². The SMILES string of the molecule is O=C(NCC(O)CN1CCCC1)Nc1cccc(F)c1. The smallest absolute Gasteiger partial charge is 0.319 e. The second kappa shape index (κ2) is 7.21. The number of urea groups is 1. The van der Waals surface area contributed by atoms with Crippen molar-refractivity contribution in [1.82, 2.24) is 10.2 Å². The number of halogens is 1. The van der Waals surface area contributed by atoms with Gasteiger partial charge in [0, 0.05) is 18.8 Å². The predicted octanol–water partition coefficient (Wildman–Crippen LogP) is 1.40. The maximum Gasteiger partial charge on any atom is 0.319 e. The fourth-order valence-corrected chi connectivity index (χ4v) is 2.28. The molecule has 0 bridgehead atoms. The number of aliphatic hydroxyl groups is 1. The van der Waals surface area contributed by atoms with E-state index >= 15 is 0 Å². The van der Waals surface area contributed by atoms with Crippen LogP contribution < -0.4 is 10.6 Å². The molecule has 0 spiro atoms. The normalized spacial score (nSPS) is 16.9. The van der Waals surface area contributed by atoms with Crippen molar-refractivity contribution in [2.45, 2.75) is 18.9 Å². The lowest BCUT2D eigenvalue weighted by Crippen LogP contribution is -2.40. The van der Waals surface area contributed by atoms with Gasteiger partial charge in [0.05, 0.1) is 6.10 Å². The first-order valence-electron chi connectivity index (χ1n) is 6.84. The summed E-state index contributed by atoms with van der Waals surface area (Å²) in [6, 6.07) is 5.22. The fourth-order valence-electron chi connectivity index (χ4n) is 2.28. The largest absolute Gasteiger partial charge is 0.390 e. The minimum Gasteiger partial charge on any atom is -0.390 e. The highest BCUT2D eigenvalue weighted by atomic mass is 19.1. The van der Waals surface area contributed by atoms with Crippen molar-refractivity contribution in [2.75, 3.05) is 31.5 Å². The third kappa shape index (κ3) is 4.79. The van der Waals surface area contributed by atoms with E-state index in [-0.39, 0.29) is 6.54 Å². The third-order valence-corrected chi connectivity index (χ3v) is 3.25. The van der Waals surface area contributed by atoms with Gasteiger partial charge in [0.15, 0.2) is 0 Å². The molecule has 2 amide bonds. The Morgan fingerprint density at radius 1 is 1.40 bits per heavy atom. The van der Waals surface area contributed by atoms with Crippen LogP contribution in [0.2, 0.25) is 0 Å². The molecule has 20 heavy (non-hydrogen) atoms. The Balaban J connectivity index is 1.69. The average Bonchev–Trinajstić information content (AvgIpc) is 2.89. The molecular weight excluding hydrogens is 261 g/mol. The Morgan fingerprint density at radius 3 is 2.85 bits per heavy atom. The highest BCUT2D eigenvalue weighted by Gasteiger charge is 2.16. The number of hydrogen-bond acceptors (Lipinski definition) is 3. The third-order valence-electron chi connectivity index (χ3n) is 3.25. The first-order chi connectivity index (χ1) is 9.63. The minimum atomic E-state index is -0.591. The predicted molar refractivity (Wildman–Crippen MR) is 75.1 cm³/mol. The number of nitrogens with one attached hydrogen (secondary N) is 2. The topological polar surface area (TPSA) is 64.6 Å². The van der Waals surface area contributed by atoms with Crippen LogP contribution in [-0.2, 0) is 0 Å². The van der Waals surface area contributed by atoms with E-state index in [2.05, 4.69) is 15.5 Å². The van der Waals surface area contributed by atoms with Gasteiger partial charge in [-0.05, 0) is 44.1 Å². The lowest BCUT2D eigenvalue weighted by Gasteiger charge is -2.19. The molecule has 0 aromatic heterocycles. The zero-order valence-electron chi connectivity index (χ0n) is 11.3. The minimum absolute atomic E-state index is 0.178. The number of nitrogens with zero attached hydrogens (tertiary/aromatic N) is 1. The average molecular weight is 281 g/mol. The molecule has 1 fully saturated rings. The highest BCUT2D eigenvalue weighted by molar-refractivity contribution is 5.89. The molecule has 5 nitrogen and oxygen atoms in total. The number of carbonyl (C=O) groups excluding carboxylic acids is 1. The van der Waals surface area contributed by atoms with E-state index in [0.29, 0.717) is 12.2 Å². The molecule has 0 saturated carbocycles. The molecule has 1 atom stereocenters. The summed E-state index contributed by atoms with van der Waals surface area (Å²) in [5.74, 6) is -0.406. The van der Waals surface area contributed by atoms with Crippen molar-refractivity contribution in [3.05, 3.63) is 30.1 Å². The van der Waals surface area contributed by atoms with Gasteiger partial charge < -0.3 is 20.6 Å². The number of rotatable bonds is 5. The number of β-amino-alcohol motifs (C(OH)–C–C–N with tert-alkyl or cyclic N) is 1. The Hall–Kier alpha value is -1.66. The molecule has 6 heteroatoms. The number of hydrogen-bond donors (Lipinski definition) is 3. The molecule has 0 aliphatic carbocycles. The van der Waals surface area contributed by atoms with Crippen LogP contribution in [0.15, 0.2) is 24.3 Å². The molecule has 110 valence electrons. The highest BCUT2D eigenvalue weighted by Crippen LogP contribution is 2.09. The Bertz CT molecular complexity index is 450. The second-order valence-electron chi connectivity index (χ2n) is 5.01. The van der Waals surface area contributed by atoms with Crippen LogP contribution in [-0.4, -0.2) is 48.3 Å². The Labute approximate surface area is 117 Å². The van der Waals surface area contributed by atoms with E-state index in [9.17, 15) is 14.3 Å². The molecule has 1 saturated heterocycles. The quantitative estimate of drug-likeness (QED) is 0.764. The van der Waals surface area contributed by atoms with Crippen LogP contribution in [0.25, 0.3) is 0 Å². The van der Waals surface area contributed by atoms with Crippen LogP contribution in [0.4, 0.5) is 14.9 Å². The van der Waals surface area contributed by atoms with Crippen LogP contribution in [0.3, 0.4) is 0 Å². The number of likely N-dealkylation sites (tertiary alicyclic amines) is 1. The first kappa shape index (κ1) is 14.7. The molecule has 1 unspecified atom stereocenters. The molecule has 1 aromatic carbocycles. The van der Waals surface area contributed by atoms with Crippen LogP contribution in [0.5, 0.6) is 0 Å². The van der Waals surface area contributed by atoms with Crippen molar-refractivity contribution >= 4 is 11.7 Å². The summed E-state index contributed by atoms with van der Waals surface area (Å²) in [5, 5.41) is 14.9. The lowest BCUT2D eigenvalue weighted by molar-refractivity contribution is 0.125. The summed E-state index contributed by atoms with van der Waals surface area (Å²) < 4.78 is 12.9. The zero-order chi connectivity index (χ0) is 14.4. The number of carbonyl (C=O) groups is 1. The van der Waals surface area contributed by atoms with Gasteiger partial charge in [0.2, 0.25) is 0 Å². The van der Waals surface area contributed by atoms with Crippen molar-refractivity contribution in [3.63, 3.8) is 0 Å². The standard InChI is InChI=1S/C14H20FN3O2/c15-11-4-3-5-12(8-11)17-14(20)16-9-13(19)10-18-6-1-2-7-18/h3-5,8,13,19H,1-2,6-7,9-10H2,(H2,16,17,20). The Kier molecular flexibility index (Phi) is 5.31. The van der Waals surface area contributed by atoms with Gasteiger partial charge in [-0.15, -0.1) is 0 Å². The zero-order valence-corrected chi connectivity index (χ0v) is 11.3. The molecule has 1 heterocycles. The maximum atomic E-state index is 12.9. The first-order valence-corrected chi connectivity index (χ1v) is 6.84. The number of aliphatic hydroxyl groups excluding tert-OH is 1. The molecular formula is C14H20FN3O2. The molecule has 1 aliphatic heterocycles. The second-order valence-corrected chi connectivity index (χ2v) is 5.01. The van der Waals surface area contributed by atoms with Gasteiger partial charge >= 0.3 is 6.03 Å². The van der Waals surface area contributed by atoms with Gasteiger partial charge in [0.25, 0.3) is 0 Å². The van der Waals surface area contributed by atoms with Gasteiger partial charge in [-0.3, -0.25) is 0 Å². The molecule has 1 aliphatic rings. The Morgan fingerprint density at radius 2 is 2.15 bits per heavy atom. The molecule has 2 rings (SSSR count). The van der Waals surface area contributed by atoms with Crippen LogP contribution in [0.1, 0.15) is 12.8 Å². The van der Waals surface area contributed by atoms with Crippen molar-refractivity contribution in [3.8, 4) is 0 Å². The fraction of sp³-hybridized carbons (Fsp3) is 0.500. The summed E-state index contributed by atoms with van der Waals surface area (Å²) in [7, 11) is 0. The molecule has 0 radical (unpaired) electrons. The van der Waals surface area contributed by atoms with Gasteiger partial charge in [-0.2, -0.15) is 0 Å². The maximum absolute atomic E-state index is 12.9. The van der Waals surface area contributed by atoms with Gasteiger partial charge in [-0.25, -0.2) is 9.18 Å². The monoisotopic (exact) mass is 281 g/mol. The number of amides is 2. The molecule has 3 N–H and O–H groups in total. The van der Waals surface area contributed by atoms with E-state index < -0.39 is 18.0 Å². The molecule has 1 aromatic rings. The summed E-state index contributed by atoms with van der Waals surface area (Å²) in [6.07, 6.45) is 1.74. The van der Waals surface area contributed by atoms with E-state index in [1.165, 1.54) is 31.0 Å². The van der Waals surface area contributed by atoms with Crippen molar-refractivity contribution in [1.29, 1.82) is 0 Å². The van der Waals surface area contributed by atoms with Gasteiger partial charge in [0.1, 0.15) is 5.82 Å². The van der Waals surface area contributed by atoms with Crippen molar-refractivity contribution in [2.24, 2.45) is 0 Å². The van der Waals surface area contributed by atoms with E-state index in [4.69, 9.17) is 0 Å². The van der Waals surface area contributed by atoms with Crippen LogP contribution >= 0.6 is 0 Å². The van der Waals surface area contributed by atoms with E-state index in [1.54, 1.807) is 6.07 Å². The number of anilines is 1. The van der Waals surface area contributed by atoms with E-state index in [0.717, 1.165) is 13.1 Å². The summed E-state index contributed by atoms with van der Waals surface area (Å²) >= 11 is 0. The van der Waals surface area contributed by atoms with Crippen LogP contribution in [0, 0.1) is 5.82 Å². The summed E-state index contributed by atoms with van der Waals surface area (Å²) in [6.45, 7) is 2.76. The summed E-state index contributed by atoms with van der Waals surface area (Å²) in [4.78, 5) is 13.8. The number of benzene rings is 1. The van der Waals surface area contributed by atoms with E-state index in [1.807, 2.05) is 0 Å². The van der Waals surface area contributed by atoms with Crippen molar-refractivity contribution < 1.29 is 14.3 Å². The summed E-state index contributed by atoms with van der Waals surface area (Å²) in [5.41, 5.74) is 0.386. The lowest BCUT2D eigenvalue weighted by atomic mass is 10.3.